The summed E-state index contributed by atoms with van der Waals surface area (Å²) in [7, 11) is 0. The molecule has 2 nitrogen and oxygen atoms in total. The topological polar surface area (TPSA) is 21.3 Å². The SMILES string of the molecule is c1cc2ccc(OC3CCNCC3)cc2s1. The first-order valence-corrected chi connectivity index (χ1v) is 6.64. The van der Waals surface area contributed by atoms with E-state index < -0.39 is 0 Å². The summed E-state index contributed by atoms with van der Waals surface area (Å²) < 4.78 is 7.31. The van der Waals surface area contributed by atoms with Gasteiger partial charge in [0.1, 0.15) is 11.9 Å². The van der Waals surface area contributed by atoms with E-state index in [9.17, 15) is 0 Å². The number of hydrogen-bond acceptors (Lipinski definition) is 3. The molecule has 0 spiro atoms. The normalized spacial score (nSPS) is 17.8. The largest absolute Gasteiger partial charge is 0.490 e. The first kappa shape index (κ1) is 10.1. The van der Waals surface area contributed by atoms with Crippen molar-refractivity contribution < 1.29 is 4.74 Å². The number of ether oxygens (including phenoxy) is 1. The smallest absolute Gasteiger partial charge is 0.121 e. The number of rotatable bonds is 2. The second kappa shape index (κ2) is 4.44. The van der Waals surface area contributed by atoms with Gasteiger partial charge in [-0.05, 0) is 61.0 Å². The first-order valence-electron chi connectivity index (χ1n) is 5.76. The van der Waals surface area contributed by atoms with Gasteiger partial charge < -0.3 is 10.1 Å². The van der Waals surface area contributed by atoms with Crippen LogP contribution < -0.4 is 10.1 Å². The summed E-state index contributed by atoms with van der Waals surface area (Å²) in [5, 5.41) is 6.78. The van der Waals surface area contributed by atoms with Gasteiger partial charge >= 0.3 is 0 Å². The van der Waals surface area contributed by atoms with Gasteiger partial charge in [0.15, 0.2) is 0 Å². The zero-order valence-corrected chi connectivity index (χ0v) is 9.93. The average Bonchev–Trinajstić information content (AvgIpc) is 2.77. The first-order chi connectivity index (χ1) is 7.92. The molecule has 0 aliphatic carbocycles. The summed E-state index contributed by atoms with van der Waals surface area (Å²) in [5.41, 5.74) is 0. The predicted octanol–water partition coefficient (Wildman–Crippen LogP) is 3.03. The maximum Gasteiger partial charge on any atom is 0.121 e. The quantitative estimate of drug-likeness (QED) is 0.861. The molecule has 3 rings (SSSR count). The lowest BCUT2D eigenvalue weighted by atomic mass is 10.1. The summed E-state index contributed by atoms with van der Waals surface area (Å²) in [6.07, 6.45) is 2.61. The van der Waals surface area contributed by atoms with Gasteiger partial charge in [0.2, 0.25) is 0 Å². The molecule has 1 N–H and O–H groups in total. The summed E-state index contributed by atoms with van der Waals surface area (Å²) in [6, 6.07) is 8.52. The molecular formula is C13H15NOS. The van der Waals surface area contributed by atoms with Gasteiger partial charge in [0.05, 0.1) is 0 Å². The monoisotopic (exact) mass is 233 g/mol. The lowest BCUT2D eigenvalue weighted by Crippen LogP contribution is -2.34. The van der Waals surface area contributed by atoms with E-state index in [2.05, 4.69) is 35.0 Å². The Morgan fingerprint density at radius 2 is 2.06 bits per heavy atom. The van der Waals surface area contributed by atoms with Gasteiger partial charge in [0, 0.05) is 4.70 Å². The molecule has 0 bridgehead atoms. The molecular weight excluding hydrogens is 218 g/mol. The summed E-state index contributed by atoms with van der Waals surface area (Å²) in [5.74, 6) is 1.02. The van der Waals surface area contributed by atoms with Crippen LogP contribution in [0, 0.1) is 0 Å². The number of nitrogens with one attached hydrogen (secondary N) is 1. The highest BCUT2D eigenvalue weighted by atomic mass is 32.1. The van der Waals surface area contributed by atoms with Gasteiger partial charge in [-0.15, -0.1) is 11.3 Å². The molecule has 1 aromatic carbocycles. The van der Waals surface area contributed by atoms with Crippen LogP contribution in [0.4, 0.5) is 0 Å². The summed E-state index contributed by atoms with van der Waals surface area (Å²) in [6.45, 7) is 2.15. The maximum atomic E-state index is 6.00. The van der Waals surface area contributed by atoms with Gasteiger partial charge in [0.25, 0.3) is 0 Å². The summed E-state index contributed by atoms with van der Waals surface area (Å²) in [4.78, 5) is 0. The van der Waals surface area contributed by atoms with E-state index in [1.807, 2.05) is 0 Å². The lowest BCUT2D eigenvalue weighted by Gasteiger charge is -2.23. The van der Waals surface area contributed by atoms with Crippen LogP contribution in [0.1, 0.15) is 12.8 Å². The van der Waals surface area contributed by atoms with Crippen molar-refractivity contribution in [1.29, 1.82) is 0 Å². The van der Waals surface area contributed by atoms with Crippen LogP contribution in [0.3, 0.4) is 0 Å². The van der Waals surface area contributed by atoms with Crippen molar-refractivity contribution in [2.24, 2.45) is 0 Å². The van der Waals surface area contributed by atoms with Crippen LogP contribution in [-0.4, -0.2) is 19.2 Å². The Morgan fingerprint density at radius 3 is 2.94 bits per heavy atom. The number of thiophene rings is 1. The zero-order valence-electron chi connectivity index (χ0n) is 9.11. The van der Waals surface area contributed by atoms with Crippen LogP contribution in [-0.2, 0) is 0 Å². The fourth-order valence-electron chi connectivity index (χ4n) is 2.11. The second-order valence-electron chi connectivity index (χ2n) is 4.19. The van der Waals surface area contributed by atoms with E-state index in [4.69, 9.17) is 4.74 Å². The number of piperidine rings is 1. The summed E-state index contributed by atoms with van der Waals surface area (Å²) >= 11 is 1.77. The van der Waals surface area contributed by atoms with Gasteiger partial charge in [-0.25, -0.2) is 0 Å². The molecule has 1 aromatic heterocycles. The third-order valence-electron chi connectivity index (χ3n) is 3.02. The molecule has 0 unspecified atom stereocenters. The Morgan fingerprint density at radius 1 is 1.19 bits per heavy atom. The molecule has 84 valence electrons. The molecule has 0 radical (unpaired) electrons. The van der Waals surface area contributed by atoms with Crippen molar-refractivity contribution in [1.82, 2.24) is 5.32 Å². The number of hydrogen-bond donors (Lipinski definition) is 1. The molecule has 3 heteroatoms. The van der Waals surface area contributed by atoms with E-state index in [-0.39, 0.29) is 0 Å². The average molecular weight is 233 g/mol. The van der Waals surface area contributed by atoms with Crippen molar-refractivity contribution in [3.05, 3.63) is 29.6 Å². The van der Waals surface area contributed by atoms with Crippen LogP contribution in [0.15, 0.2) is 29.6 Å². The van der Waals surface area contributed by atoms with Crippen molar-refractivity contribution in [3.63, 3.8) is 0 Å². The van der Waals surface area contributed by atoms with Gasteiger partial charge in [-0.3, -0.25) is 0 Å². The Bertz CT molecular complexity index is 473. The highest BCUT2D eigenvalue weighted by molar-refractivity contribution is 7.17. The highest BCUT2D eigenvalue weighted by Gasteiger charge is 2.14. The standard InChI is InChI=1S/C13H15NOS/c1-2-12(9-13-10(1)5-8-16-13)15-11-3-6-14-7-4-11/h1-2,5,8-9,11,14H,3-4,6-7H2. The molecule has 2 aromatic rings. The third kappa shape index (κ3) is 2.06. The zero-order chi connectivity index (χ0) is 10.8. The van der Waals surface area contributed by atoms with E-state index in [1.165, 1.54) is 10.1 Å². The van der Waals surface area contributed by atoms with Crippen molar-refractivity contribution in [2.45, 2.75) is 18.9 Å². The molecule has 1 aliphatic heterocycles. The van der Waals surface area contributed by atoms with Crippen molar-refractivity contribution in [2.75, 3.05) is 13.1 Å². The molecule has 1 aliphatic rings. The second-order valence-corrected chi connectivity index (χ2v) is 5.14. The van der Waals surface area contributed by atoms with Crippen LogP contribution in [0.25, 0.3) is 10.1 Å². The van der Waals surface area contributed by atoms with Crippen molar-refractivity contribution in [3.8, 4) is 5.75 Å². The third-order valence-corrected chi connectivity index (χ3v) is 3.90. The molecule has 1 saturated heterocycles. The van der Waals surface area contributed by atoms with E-state index >= 15 is 0 Å². The molecule has 1 fully saturated rings. The Kier molecular flexibility index (Phi) is 2.80. The van der Waals surface area contributed by atoms with E-state index in [0.29, 0.717) is 6.10 Å². The van der Waals surface area contributed by atoms with Crippen molar-refractivity contribution >= 4 is 21.4 Å². The Balaban J connectivity index is 1.77. The van der Waals surface area contributed by atoms with Gasteiger partial charge in [-0.1, -0.05) is 0 Å². The lowest BCUT2D eigenvalue weighted by molar-refractivity contribution is 0.163. The van der Waals surface area contributed by atoms with Gasteiger partial charge in [-0.2, -0.15) is 0 Å². The molecule has 0 saturated carbocycles. The molecule has 16 heavy (non-hydrogen) atoms. The van der Waals surface area contributed by atoms with Crippen LogP contribution >= 0.6 is 11.3 Å². The minimum atomic E-state index is 0.388. The molecule has 0 atom stereocenters. The molecule has 2 heterocycles. The van der Waals surface area contributed by atoms with E-state index in [1.54, 1.807) is 11.3 Å². The molecule has 0 amide bonds. The number of benzene rings is 1. The highest BCUT2D eigenvalue weighted by Crippen LogP contribution is 2.26. The van der Waals surface area contributed by atoms with Crippen LogP contribution in [0.2, 0.25) is 0 Å². The Hall–Kier alpha value is -1.06. The fraction of sp³-hybridized carbons (Fsp3) is 0.385. The minimum absolute atomic E-state index is 0.388. The minimum Gasteiger partial charge on any atom is -0.490 e. The Labute approximate surface area is 99.2 Å². The van der Waals surface area contributed by atoms with E-state index in [0.717, 1.165) is 31.7 Å². The fourth-order valence-corrected chi connectivity index (χ4v) is 2.93. The predicted molar refractivity (Wildman–Crippen MR) is 68.3 cm³/mol. The number of fused-ring (bicyclic) bond motifs is 1. The maximum absolute atomic E-state index is 6.00. The van der Waals surface area contributed by atoms with Crippen LogP contribution in [0.5, 0.6) is 5.75 Å².